The summed E-state index contributed by atoms with van der Waals surface area (Å²) in [4.78, 5) is 25.7. The molecule has 6 nitrogen and oxygen atoms in total. The summed E-state index contributed by atoms with van der Waals surface area (Å²) in [6.07, 6.45) is 5.48. The van der Waals surface area contributed by atoms with Crippen molar-refractivity contribution in [3.63, 3.8) is 0 Å². The van der Waals surface area contributed by atoms with Gasteiger partial charge in [0.2, 0.25) is 11.8 Å². The summed E-state index contributed by atoms with van der Waals surface area (Å²) >= 11 is 0. The van der Waals surface area contributed by atoms with Gasteiger partial charge in [-0.15, -0.1) is 0 Å². The van der Waals surface area contributed by atoms with Gasteiger partial charge < -0.3 is 16.4 Å². The predicted octanol–water partition coefficient (Wildman–Crippen LogP) is -0.415. The summed E-state index contributed by atoms with van der Waals surface area (Å²) in [7, 11) is 1.65. The fraction of sp³-hybridized carbons (Fsp3) is 0.857. The maximum atomic E-state index is 12.2. The third-order valence-corrected chi connectivity index (χ3v) is 4.52. The SMILES string of the molecule is CNC(=O)CN1CCC(NC(=O)C2(N)CCCC2)CC1. The molecule has 1 heterocycles. The average Bonchev–Trinajstić information content (AvgIpc) is 2.89. The lowest BCUT2D eigenvalue weighted by molar-refractivity contribution is -0.127. The maximum absolute atomic E-state index is 12.2. The van der Waals surface area contributed by atoms with E-state index in [1.165, 1.54) is 0 Å². The van der Waals surface area contributed by atoms with Gasteiger partial charge in [0.1, 0.15) is 0 Å². The zero-order chi connectivity index (χ0) is 14.6. The van der Waals surface area contributed by atoms with E-state index in [4.69, 9.17) is 5.73 Å². The average molecular weight is 282 g/mol. The molecule has 0 aromatic carbocycles. The fourth-order valence-corrected chi connectivity index (χ4v) is 3.08. The van der Waals surface area contributed by atoms with Gasteiger partial charge in [0, 0.05) is 26.2 Å². The van der Waals surface area contributed by atoms with Crippen molar-refractivity contribution >= 4 is 11.8 Å². The number of likely N-dealkylation sites (N-methyl/N-ethyl adjacent to an activating group) is 1. The molecule has 0 aromatic rings. The van der Waals surface area contributed by atoms with Crippen molar-refractivity contribution in [2.24, 2.45) is 5.73 Å². The van der Waals surface area contributed by atoms with Crippen LogP contribution in [0.15, 0.2) is 0 Å². The molecular weight excluding hydrogens is 256 g/mol. The number of carbonyl (C=O) groups is 2. The molecule has 0 bridgehead atoms. The van der Waals surface area contributed by atoms with Crippen LogP contribution in [0.4, 0.5) is 0 Å². The second kappa shape index (κ2) is 6.54. The zero-order valence-electron chi connectivity index (χ0n) is 12.3. The van der Waals surface area contributed by atoms with Gasteiger partial charge in [-0.05, 0) is 25.7 Å². The van der Waals surface area contributed by atoms with Crippen LogP contribution in [0.5, 0.6) is 0 Å². The van der Waals surface area contributed by atoms with Gasteiger partial charge in [0.05, 0.1) is 12.1 Å². The first kappa shape index (κ1) is 15.3. The minimum atomic E-state index is -0.640. The summed E-state index contributed by atoms with van der Waals surface area (Å²) in [5, 5.41) is 5.73. The summed E-state index contributed by atoms with van der Waals surface area (Å²) in [5.41, 5.74) is 5.52. The smallest absolute Gasteiger partial charge is 0.240 e. The Morgan fingerprint density at radius 2 is 1.85 bits per heavy atom. The predicted molar refractivity (Wildman–Crippen MR) is 77.1 cm³/mol. The van der Waals surface area contributed by atoms with Crippen molar-refractivity contribution in [3.05, 3.63) is 0 Å². The molecule has 2 aliphatic rings. The summed E-state index contributed by atoms with van der Waals surface area (Å²) in [6.45, 7) is 2.13. The summed E-state index contributed by atoms with van der Waals surface area (Å²) in [5.74, 6) is 0.0547. The summed E-state index contributed by atoms with van der Waals surface area (Å²) in [6, 6.07) is 0.199. The number of amides is 2. The van der Waals surface area contributed by atoms with Crippen molar-refractivity contribution < 1.29 is 9.59 Å². The molecule has 2 fully saturated rings. The first-order valence-electron chi connectivity index (χ1n) is 7.56. The van der Waals surface area contributed by atoms with Crippen molar-refractivity contribution in [1.82, 2.24) is 15.5 Å². The lowest BCUT2D eigenvalue weighted by atomic mass is 9.96. The van der Waals surface area contributed by atoms with E-state index in [9.17, 15) is 9.59 Å². The Morgan fingerprint density at radius 1 is 1.25 bits per heavy atom. The Balaban J connectivity index is 1.74. The third-order valence-electron chi connectivity index (χ3n) is 4.52. The van der Waals surface area contributed by atoms with Crippen molar-refractivity contribution in [2.75, 3.05) is 26.7 Å². The van der Waals surface area contributed by atoms with Gasteiger partial charge in [0.15, 0.2) is 0 Å². The fourth-order valence-electron chi connectivity index (χ4n) is 3.08. The highest BCUT2D eigenvalue weighted by atomic mass is 16.2. The topological polar surface area (TPSA) is 87.5 Å². The van der Waals surface area contributed by atoms with Crippen LogP contribution in [-0.4, -0.2) is 55.0 Å². The highest BCUT2D eigenvalue weighted by Crippen LogP contribution is 2.27. The van der Waals surface area contributed by atoms with Crippen LogP contribution in [0.3, 0.4) is 0 Å². The molecular formula is C14H26N4O2. The second-order valence-electron chi connectivity index (χ2n) is 6.06. The molecule has 0 atom stereocenters. The molecule has 0 radical (unpaired) electrons. The standard InChI is InChI=1S/C14H26N4O2/c1-16-12(19)10-18-8-4-11(5-9-18)17-13(20)14(15)6-2-3-7-14/h11H,2-10,15H2,1H3,(H,16,19)(H,17,20). The zero-order valence-corrected chi connectivity index (χ0v) is 12.3. The van der Waals surface area contributed by atoms with E-state index in [-0.39, 0.29) is 17.9 Å². The largest absolute Gasteiger partial charge is 0.358 e. The van der Waals surface area contributed by atoms with Crippen LogP contribution < -0.4 is 16.4 Å². The highest BCUT2D eigenvalue weighted by Gasteiger charge is 2.38. The second-order valence-corrected chi connectivity index (χ2v) is 6.06. The molecule has 0 spiro atoms. The molecule has 114 valence electrons. The van der Waals surface area contributed by atoms with Gasteiger partial charge in [-0.2, -0.15) is 0 Å². The number of nitrogens with one attached hydrogen (secondary N) is 2. The monoisotopic (exact) mass is 282 g/mol. The van der Waals surface area contributed by atoms with Crippen LogP contribution in [0.1, 0.15) is 38.5 Å². The lowest BCUT2D eigenvalue weighted by Crippen LogP contribution is -2.56. The molecule has 1 saturated heterocycles. The van der Waals surface area contributed by atoms with E-state index in [1.807, 2.05) is 0 Å². The number of piperidine rings is 1. The van der Waals surface area contributed by atoms with E-state index in [0.717, 1.165) is 51.6 Å². The van der Waals surface area contributed by atoms with E-state index in [1.54, 1.807) is 7.05 Å². The lowest BCUT2D eigenvalue weighted by Gasteiger charge is -2.33. The number of rotatable bonds is 4. The van der Waals surface area contributed by atoms with E-state index >= 15 is 0 Å². The maximum Gasteiger partial charge on any atom is 0.240 e. The van der Waals surface area contributed by atoms with Gasteiger partial charge in [-0.1, -0.05) is 12.8 Å². The Hall–Kier alpha value is -1.14. The van der Waals surface area contributed by atoms with Crippen LogP contribution >= 0.6 is 0 Å². The van der Waals surface area contributed by atoms with E-state index in [2.05, 4.69) is 15.5 Å². The molecule has 0 unspecified atom stereocenters. The number of carbonyl (C=O) groups excluding carboxylic acids is 2. The van der Waals surface area contributed by atoms with Gasteiger partial charge >= 0.3 is 0 Å². The molecule has 4 N–H and O–H groups in total. The van der Waals surface area contributed by atoms with E-state index < -0.39 is 5.54 Å². The Bertz CT molecular complexity index is 358. The minimum absolute atomic E-state index is 0.0137. The van der Waals surface area contributed by atoms with Gasteiger partial charge in [0.25, 0.3) is 0 Å². The molecule has 6 heteroatoms. The van der Waals surface area contributed by atoms with Gasteiger partial charge in [-0.25, -0.2) is 0 Å². The molecule has 1 aliphatic heterocycles. The van der Waals surface area contributed by atoms with Crippen LogP contribution in [-0.2, 0) is 9.59 Å². The first-order chi connectivity index (χ1) is 9.53. The summed E-state index contributed by atoms with van der Waals surface area (Å²) < 4.78 is 0. The Labute approximate surface area is 120 Å². The first-order valence-corrected chi connectivity index (χ1v) is 7.56. The number of likely N-dealkylation sites (tertiary alicyclic amines) is 1. The van der Waals surface area contributed by atoms with Crippen molar-refractivity contribution in [2.45, 2.75) is 50.1 Å². The number of hydrogen-bond acceptors (Lipinski definition) is 4. The van der Waals surface area contributed by atoms with Crippen molar-refractivity contribution in [1.29, 1.82) is 0 Å². The molecule has 2 amide bonds. The molecule has 2 rings (SSSR count). The number of nitrogens with zero attached hydrogens (tertiary/aromatic N) is 1. The number of hydrogen-bond donors (Lipinski definition) is 3. The number of nitrogens with two attached hydrogens (primary N) is 1. The molecule has 1 saturated carbocycles. The highest BCUT2D eigenvalue weighted by molar-refractivity contribution is 5.86. The molecule has 0 aromatic heterocycles. The third kappa shape index (κ3) is 3.70. The quantitative estimate of drug-likeness (QED) is 0.654. The van der Waals surface area contributed by atoms with Crippen LogP contribution in [0.25, 0.3) is 0 Å². The molecule has 20 heavy (non-hydrogen) atoms. The van der Waals surface area contributed by atoms with Crippen LogP contribution in [0, 0.1) is 0 Å². The van der Waals surface area contributed by atoms with Crippen LogP contribution in [0.2, 0.25) is 0 Å². The van der Waals surface area contributed by atoms with Gasteiger partial charge in [-0.3, -0.25) is 14.5 Å². The molecule has 1 aliphatic carbocycles. The normalized spacial score (nSPS) is 23.5. The Kier molecular flexibility index (Phi) is 4.99. The van der Waals surface area contributed by atoms with E-state index in [0.29, 0.717) is 6.54 Å². The Morgan fingerprint density at radius 3 is 2.40 bits per heavy atom. The van der Waals surface area contributed by atoms with Crippen molar-refractivity contribution in [3.8, 4) is 0 Å². The minimum Gasteiger partial charge on any atom is -0.358 e.